The molecule has 2 rings (SSSR count). The molecule has 4 nitrogen and oxygen atoms in total. The Labute approximate surface area is 100 Å². The standard InChI is InChI=1S/C11H18O4S/c1-13-10(12)6-8-7-14-11(15-8)9-4-2-3-5-16-9/h8-9,11H,2-7H2,1H3. The summed E-state index contributed by atoms with van der Waals surface area (Å²) in [7, 11) is 1.40. The van der Waals surface area contributed by atoms with Crippen molar-refractivity contribution in [1.29, 1.82) is 0 Å². The molecule has 2 fully saturated rings. The highest BCUT2D eigenvalue weighted by atomic mass is 32.2. The zero-order valence-corrected chi connectivity index (χ0v) is 10.3. The molecule has 3 unspecified atom stereocenters. The van der Waals surface area contributed by atoms with Gasteiger partial charge in [-0.2, -0.15) is 11.8 Å². The largest absolute Gasteiger partial charge is 0.469 e. The molecule has 16 heavy (non-hydrogen) atoms. The van der Waals surface area contributed by atoms with Gasteiger partial charge in [0.1, 0.15) is 0 Å². The quantitative estimate of drug-likeness (QED) is 0.707. The van der Waals surface area contributed by atoms with E-state index in [2.05, 4.69) is 4.74 Å². The first-order valence-corrected chi connectivity index (χ1v) is 6.80. The number of carbonyl (C=O) groups is 1. The first-order valence-electron chi connectivity index (χ1n) is 5.75. The van der Waals surface area contributed by atoms with Crippen LogP contribution >= 0.6 is 11.8 Å². The monoisotopic (exact) mass is 246 g/mol. The van der Waals surface area contributed by atoms with Crippen LogP contribution in [0.25, 0.3) is 0 Å². The van der Waals surface area contributed by atoms with Crippen molar-refractivity contribution in [3.8, 4) is 0 Å². The third-order valence-electron chi connectivity index (χ3n) is 2.91. The van der Waals surface area contributed by atoms with Crippen LogP contribution in [0.3, 0.4) is 0 Å². The predicted octanol–water partition coefficient (Wildman–Crippen LogP) is 1.58. The molecule has 5 heteroatoms. The van der Waals surface area contributed by atoms with Gasteiger partial charge in [0.05, 0.1) is 31.5 Å². The Morgan fingerprint density at radius 2 is 2.38 bits per heavy atom. The summed E-state index contributed by atoms with van der Waals surface area (Å²) in [4.78, 5) is 11.1. The molecule has 3 atom stereocenters. The van der Waals surface area contributed by atoms with Crippen LogP contribution in [-0.4, -0.2) is 43.1 Å². The van der Waals surface area contributed by atoms with E-state index in [-0.39, 0.29) is 18.4 Å². The average Bonchev–Trinajstić information content (AvgIpc) is 2.78. The molecule has 0 spiro atoms. The summed E-state index contributed by atoms with van der Waals surface area (Å²) in [6.45, 7) is 0.511. The predicted molar refractivity (Wildman–Crippen MR) is 61.3 cm³/mol. The molecule has 0 N–H and O–H groups in total. The van der Waals surface area contributed by atoms with Gasteiger partial charge in [0.2, 0.25) is 0 Å². The number of rotatable bonds is 3. The molecule has 92 valence electrons. The third kappa shape index (κ3) is 3.12. The zero-order valence-electron chi connectivity index (χ0n) is 9.52. The number of hydrogen-bond donors (Lipinski definition) is 0. The number of thioether (sulfide) groups is 1. The third-order valence-corrected chi connectivity index (χ3v) is 4.32. The molecule has 0 aromatic heterocycles. The average molecular weight is 246 g/mol. The minimum atomic E-state index is -0.231. The Bertz CT molecular complexity index is 240. The van der Waals surface area contributed by atoms with Gasteiger partial charge in [-0.3, -0.25) is 4.79 Å². The fraction of sp³-hybridized carbons (Fsp3) is 0.909. The van der Waals surface area contributed by atoms with E-state index >= 15 is 0 Å². The summed E-state index contributed by atoms with van der Waals surface area (Å²) in [6.07, 6.45) is 3.74. The number of methoxy groups -OCH3 is 1. The van der Waals surface area contributed by atoms with Crippen LogP contribution in [0, 0.1) is 0 Å². The first-order chi connectivity index (χ1) is 7.79. The molecule has 0 aromatic rings. The van der Waals surface area contributed by atoms with Crippen LogP contribution in [0.15, 0.2) is 0 Å². The first kappa shape index (κ1) is 12.2. The molecule has 2 aliphatic heterocycles. The van der Waals surface area contributed by atoms with Crippen LogP contribution in [0.2, 0.25) is 0 Å². The van der Waals surface area contributed by atoms with E-state index in [0.29, 0.717) is 18.3 Å². The van der Waals surface area contributed by atoms with Crippen molar-refractivity contribution in [3.05, 3.63) is 0 Å². The Hall–Kier alpha value is -0.260. The lowest BCUT2D eigenvalue weighted by molar-refractivity contribution is -0.143. The molecular formula is C11H18O4S. The van der Waals surface area contributed by atoms with Gasteiger partial charge in [-0.1, -0.05) is 6.42 Å². The van der Waals surface area contributed by atoms with Gasteiger partial charge in [0.15, 0.2) is 6.29 Å². The smallest absolute Gasteiger partial charge is 0.308 e. The highest BCUT2D eigenvalue weighted by Gasteiger charge is 2.34. The minimum Gasteiger partial charge on any atom is -0.469 e. The molecule has 0 radical (unpaired) electrons. The molecule has 0 amide bonds. The second kappa shape index (κ2) is 5.89. The highest BCUT2D eigenvalue weighted by Crippen LogP contribution is 2.32. The van der Waals surface area contributed by atoms with Crippen LogP contribution < -0.4 is 0 Å². The van der Waals surface area contributed by atoms with Crippen molar-refractivity contribution >= 4 is 17.7 Å². The fourth-order valence-electron chi connectivity index (χ4n) is 2.02. The Kier molecular flexibility index (Phi) is 4.49. The summed E-state index contributed by atoms with van der Waals surface area (Å²) in [5, 5.41) is 0.441. The number of carbonyl (C=O) groups excluding carboxylic acids is 1. The molecule has 0 saturated carbocycles. The normalized spacial score (nSPS) is 34.9. The molecule has 2 aliphatic rings. The molecule has 2 saturated heterocycles. The lowest BCUT2D eigenvalue weighted by Gasteiger charge is -2.25. The molecule has 0 aliphatic carbocycles. The zero-order chi connectivity index (χ0) is 11.4. The van der Waals surface area contributed by atoms with Crippen molar-refractivity contribution in [2.75, 3.05) is 19.5 Å². The van der Waals surface area contributed by atoms with Gasteiger partial charge in [-0.25, -0.2) is 0 Å². The Balaban J connectivity index is 1.76. The van der Waals surface area contributed by atoms with Crippen molar-refractivity contribution in [2.24, 2.45) is 0 Å². The molecular weight excluding hydrogens is 228 g/mol. The van der Waals surface area contributed by atoms with Gasteiger partial charge in [0.25, 0.3) is 0 Å². The van der Waals surface area contributed by atoms with E-state index in [1.54, 1.807) is 0 Å². The summed E-state index contributed by atoms with van der Waals surface area (Å²) < 4.78 is 15.9. The SMILES string of the molecule is COC(=O)CC1COC(C2CCCCS2)O1. The summed E-state index contributed by atoms with van der Waals surface area (Å²) in [5.74, 6) is 0.959. The Morgan fingerprint density at radius 3 is 3.06 bits per heavy atom. The van der Waals surface area contributed by atoms with E-state index in [4.69, 9.17) is 9.47 Å². The molecule has 0 bridgehead atoms. The lowest BCUT2D eigenvalue weighted by Crippen LogP contribution is -2.28. The summed E-state index contributed by atoms with van der Waals surface area (Å²) in [5.41, 5.74) is 0. The number of ether oxygens (including phenoxy) is 3. The van der Waals surface area contributed by atoms with Gasteiger partial charge in [-0.15, -0.1) is 0 Å². The van der Waals surface area contributed by atoms with Gasteiger partial charge >= 0.3 is 5.97 Å². The summed E-state index contributed by atoms with van der Waals surface area (Å²) in [6, 6.07) is 0. The van der Waals surface area contributed by atoms with Crippen molar-refractivity contribution in [1.82, 2.24) is 0 Å². The maximum Gasteiger partial charge on any atom is 0.308 e. The van der Waals surface area contributed by atoms with Gasteiger partial charge in [-0.05, 0) is 18.6 Å². The van der Waals surface area contributed by atoms with Gasteiger partial charge < -0.3 is 14.2 Å². The second-order valence-electron chi connectivity index (χ2n) is 4.15. The Morgan fingerprint density at radius 1 is 1.50 bits per heavy atom. The van der Waals surface area contributed by atoms with E-state index in [1.807, 2.05) is 11.8 Å². The summed E-state index contributed by atoms with van der Waals surface area (Å²) >= 11 is 1.92. The molecule has 0 aromatic carbocycles. The number of esters is 1. The van der Waals surface area contributed by atoms with Crippen molar-refractivity contribution in [3.63, 3.8) is 0 Å². The van der Waals surface area contributed by atoms with E-state index < -0.39 is 0 Å². The van der Waals surface area contributed by atoms with E-state index in [1.165, 1.54) is 25.7 Å². The van der Waals surface area contributed by atoms with Crippen LogP contribution in [0.4, 0.5) is 0 Å². The van der Waals surface area contributed by atoms with Crippen LogP contribution in [0.5, 0.6) is 0 Å². The topological polar surface area (TPSA) is 44.8 Å². The second-order valence-corrected chi connectivity index (χ2v) is 5.49. The van der Waals surface area contributed by atoms with Crippen molar-refractivity contribution < 1.29 is 19.0 Å². The highest BCUT2D eigenvalue weighted by molar-refractivity contribution is 8.00. The van der Waals surface area contributed by atoms with Crippen LogP contribution in [0.1, 0.15) is 25.7 Å². The fourth-order valence-corrected chi connectivity index (χ4v) is 3.33. The molecule has 2 heterocycles. The van der Waals surface area contributed by atoms with Gasteiger partial charge in [0, 0.05) is 0 Å². The number of hydrogen-bond acceptors (Lipinski definition) is 5. The maximum atomic E-state index is 11.1. The minimum absolute atomic E-state index is 0.125. The maximum absolute atomic E-state index is 11.1. The van der Waals surface area contributed by atoms with Crippen LogP contribution in [-0.2, 0) is 19.0 Å². The van der Waals surface area contributed by atoms with E-state index in [0.717, 1.165) is 6.42 Å². The van der Waals surface area contributed by atoms with Crippen molar-refractivity contribution in [2.45, 2.75) is 43.3 Å². The van der Waals surface area contributed by atoms with E-state index in [9.17, 15) is 4.79 Å². The lowest BCUT2D eigenvalue weighted by atomic mass is 10.2.